The summed E-state index contributed by atoms with van der Waals surface area (Å²) >= 11 is 0. The minimum atomic E-state index is 0.582. The normalized spacial score (nSPS) is 17.4. The van der Waals surface area contributed by atoms with E-state index in [0.29, 0.717) is 6.04 Å². The van der Waals surface area contributed by atoms with Gasteiger partial charge < -0.3 is 10.2 Å². The van der Waals surface area contributed by atoms with E-state index in [2.05, 4.69) is 55.0 Å². The lowest BCUT2D eigenvalue weighted by molar-refractivity contribution is 0.245. The number of nitrogens with one attached hydrogen (secondary N) is 1. The van der Waals surface area contributed by atoms with E-state index in [1.165, 1.54) is 43.5 Å². The maximum Gasteiger partial charge on any atom is 0.0342 e. The van der Waals surface area contributed by atoms with Crippen molar-refractivity contribution < 1.29 is 0 Å². The Kier molecular flexibility index (Phi) is 5.03. The summed E-state index contributed by atoms with van der Waals surface area (Å²) in [7, 11) is 2.19. The zero-order valence-electron chi connectivity index (χ0n) is 12.3. The molecule has 1 aromatic carbocycles. The van der Waals surface area contributed by atoms with Crippen molar-refractivity contribution in [2.45, 2.75) is 38.6 Å². The molecule has 19 heavy (non-hydrogen) atoms. The predicted octanol–water partition coefficient (Wildman–Crippen LogP) is 3.29. The molecule has 1 saturated heterocycles. The van der Waals surface area contributed by atoms with Crippen molar-refractivity contribution in [3.63, 3.8) is 0 Å². The molecule has 0 atom stereocenters. The first-order chi connectivity index (χ1) is 9.19. The SMILES string of the molecule is C=C(NC1CCN(C)CC1)c1ccc(CCC)cc1. The largest absolute Gasteiger partial charge is 0.382 e. The summed E-state index contributed by atoms with van der Waals surface area (Å²) in [5.74, 6) is 0. The lowest BCUT2D eigenvalue weighted by atomic mass is 10.0. The molecular formula is C17H26N2. The van der Waals surface area contributed by atoms with Gasteiger partial charge in [0, 0.05) is 11.7 Å². The Morgan fingerprint density at radius 3 is 2.47 bits per heavy atom. The summed E-state index contributed by atoms with van der Waals surface area (Å²) < 4.78 is 0. The molecule has 1 N–H and O–H groups in total. The first-order valence-electron chi connectivity index (χ1n) is 7.42. The van der Waals surface area contributed by atoms with E-state index in [1.54, 1.807) is 0 Å². The van der Waals surface area contributed by atoms with Crippen molar-refractivity contribution in [2.75, 3.05) is 20.1 Å². The average molecular weight is 258 g/mol. The van der Waals surface area contributed by atoms with Gasteiger partial charge in [0.05, 0.1) is 0 Å². The molecule has 1 aliphatic rings. The monoisotopic (exact) mass is 258 g/mol. The van der Waals surface area contributed by atoms with E-state index in [0.717, 1.165) is 12.1 Å². The molecule has 0 amide bonds. The van der Waals surface area contributed by atoms with Gasteiger partial charge in [-0.15, -0.1) is 0 Å². The molecule has 2 rings (SSSR count). The van der Waals surface area contributed by atoms with E-state index in [9.17, 15) is 0 Å². The summed E-state index contributed by atoms with van der Waals surface area (Å²) in [6.07, 6.45) is 4.79. The second kappa shape index (κ2) is 6.76. The Morgan fingerprint density at radius 1 is 1.26 bits per heavy atom. The number of aryl methyl sites for hydroxylation is 1. The quantitative estimate of drug-likeness (QED) is 0.872. The highest BCUT2D eigenvalue weighted by molar-refractivity contribution is 5.62. The molecule has 2 nitrogen and oxygen atoms in total. The van der Waals surface area contributed by atoms with Gasteiger partial charge in [0.2, 0.25) is 0 Å². The highest BCUT2D eigenvalue weighted by Gasteiger charge is 2.16. The second-order valence-corrected chi connectivity index (χ2v) is 5.65. The molecule has 1 aliphatic heterocycles. The molecule has 1 heterocycles. The minimum Gasteiger partial charge on any atom is -0.382 e. The van der Waals surface area contributed by atoms with Crippen LogP contribution in [0.2, 0.25) is 0 Å². The van der Waals surface area contributed by atoms with Crippen LogP contribution in [0, 0.1) is 0 Å². The van der Waals surface area contributed by atoms with Crippen molar-refractivity contribution in [1.82, 2.24) is 10.2 Å². The van der Waals surface area contributed by atoms with Gasteiger partial charge in [-0.1, -0.05) is 44.2 Å². The number of benzene rings is 1. The van der Waals surface area contributed by atoms with Crippen LogP contribution in [0.5, 0.6) is 0 Å². The molecule has 0 radical (unpaired) electrons. The van der Waals surface area contributed by atoms with Gasteiger partial charge in [-0.05, 0) is 50.5 Å². The van der Waals surface area contributed by atoms with E-state index >= 15 is 0 Å². The van der Waals surface area contributed by atoms with Crippen LogP contribution in [-0.2, 0) is 6.42 Å². The van der Waals surface area contributed by atoms with Crippen molar-refractivity contribution in [3.05, 3.63) is 42.0 Å². The third-order valence-electron chi connectivity index (χ3n) is 3.94. The van der Waals surface area contributed by atoms with Crippen LogP contribution in [-0.4, -0.2) is 31.1 Å². The minimum absolute atomic E-state index is 0.582. The number of rotatable bonds is 5. The number of hydrogen-bond donors (Lipinski definition) is 1. The number of piperidine rings is 1. The van der Waals surface area contributed by atoms with Crippen LogP contribution in [0.15, 0.2) is 30.8 Å². The van der Waals surface area contributed by atoms with Crippen LogP contribution < -0.4 is 5.32 Å². The molecule has 0 saturated carbocycles. The van der Waals surface area contributed by atoms with Crippen LogP contribution >= 0.6 is 0 Å². The first-order valence-corrected chi connectivity index (χ1v) is 7.42. The average Bonchev–Trinajstić information content (AvgIpc) is 2.42. The molecule has 104 valence electrons. The Hall–Kier alpha value is -1.28. The topological polar surface area (TPSA) is 15.3 Å². The van der Waals surface area contributed by atoms with Crippen LogP contribution in [0.4, 0.5) is 0 Å². The third kappa shape index (κ3) is 4.10. The molecular weight excluding hydrogens is 232 g/mol. The smallest absolute Gasteiger partial charge is 0.0342 e. The Labute approximate surface area is 117 Å². The van der Waals surface area contributed by atoms with Crippen LogP contribution in [0.3, 0.4) is 0 Å². The Bertz CT molecular complexity index is 400. The summed E-state index contributed by atoms with van der Waals surface area (Å²) in [6.45, 7) is 8.77. The molecule has 1 aromatic rings. The third-order valence-corrected chi connectivity index (χ3v) is 3.94. The maximum absolute atomic E-state index is 4.19. The second-order valence-electron chi connectivity index (χ2n) is 5.65. The highest BCUT2D eigenvalue weighted by atomic mass is 15.1. The highest BCUT2D eigenvalue weighted by Crippen LogP contribution is 2.16. The lowest BCUT2D eigenvalue weighted by Crippen LogP contribution is -2.39. The molecule has 1 fully saturated rings. The summed E-state index contributed by atoms with van der Waals surface area (Å²) in [5.41, 5.74) is 3.70. The van der Waals surface area contributed by atoms with Gasteiger partial charge in [0.15, 0.2) is 0 Å². The van der Waals surface area contributed by atoms with Crippen molar-refractivity contribution in [2.24, 2.45) is 0 Å². The van der Waals surface area contributed by atoms with Crippen LogP contribution in [0.25, 0.3) is 5.70 Å². The van der Waals surface area contributed by atoms with Gasteiger partial charge in [0.1, 0.15) is 0 Å². The van der Waals surface area contributed by atoms with Crippen LogP contribution in [0.1, 0.15) is 37.3 Å². The molecule has 0 spiro atoms. The van der Waals surface area contributed by atoms with E-state index in [-0.39, 0.29) is 0 Å². The number of likely N-dealkylation sites (tertiary alicyclic amines) is 1. The predicted molar refractivity (Wildman–Crippen MR) is 83.1 cm³/mol. The zero-order chi connectivity index (χ0) is 13.7. The molecule has 0 unspecified atom stereocenters. The van der Waals surface area contributed by atoms with Gasteiger partial charge >= 0.3 is 0 Å². The zero-order valence-corrected chi connectivity index (χ0v) is 12.3. The maximum atomic E-state index is 4.19. The number of nitrogens with zero attached hydrogens (tertiary/aromatic N) is 1. The molecule has 2 heteroatoms. The Balaban J connectivity index is 1.88. The van der Waals surface area contributed by atoms with Crippen molar-refractivity contribution >= 4 is 5.70 Å². The summed E-state index contributed by atoms with van der Waals surface area (Å²) in [5, 5.41) is 3.59. The fourth-order valence-corrected chi connectivity index (χ4v) is 2.64. The molecule has 0 aromatic heterocycles. The van der Waals surface area contributed by atoms with E-state index in [1.807, 2.05) is 0 Å². The first kappa shape index (κ1) is 14.1. The van der Waals surface area contributed by atoms with Gasteiger partial charge in [-0.2, -0.15) is 0 Å². The lowest BCUT2D eigenvalue weighted by Gasteiger charge is -2.30. The Morgan fingerprint density at radius 2 is 1.89 bits per heavy atom. The van der Waals surface area contributed by atoms with Gasteiger partial charge in [0.25, 0.3) is 0 Å². The number of hydrogen-bond acceptors (Lipinski definition) is 2. The standard InChI is InChI=1S/C17H26N2/c1-4-5-15-6-8-16(9-7-15)14(2)18-17-10-12-19(3)13-11-17/h6-9,17-18H,2,4-5,10-13H2,1,3H3. The summed E-state index contributed by atoms with van der Waals surface area (Å²) in [4.78, 5) is 2.39. The van der Waals surface area contributed by atoms with E-state index in [4.69, 9.17) is 0 Å². The molecule has 0 aliphatic carbocycles. The van der Waals surface area contributed by atoms with Crippen molar-refractivity contribution in [3.8, 4) is 0 Å². The fraction of sp³-hybridized carbons (Fsp3) is 0.529. The summed E-state index contributed by atoms with van der Waals surface area (Å²) in [6, 6.07) is 9.41. The molecule has 0 bridgehead atoms. The van der Waals surface area contributed by atoms with E-state index < -0.39 is 0 Å². The van der Waals surface area contributed by atoms with Gasteiger partial charge in [-0.3, -0.25) is 0 Å². The van der Waals surface area contributed by atoms with Crippen molar-refractivity contribution in [1.29, 1.82) is 0 Å². The van der Waals surface area contributed by atoms with Gasteiger partial charge in [-0.25, -0.2) is 0 Å². The fourth-order valence-electron chi connectivity index (χ4n) is 2.64.